The molecule has 124 valence electrons. The number of non-ortho nitro benzene ring substituents is 1. The lowest BCUT2D eigenvalue weighted by Gasteiger charge is -2.10. The molecule has 0 aliphatic rings. The zero-order valence-corrected chi connectivity index (χ0v) is 13.3. The number of aromatic nitrogens is 2. The molecule has 0 fully saturated rings. The second kappa shape index (κ2) is 6.80. The lowest BCUT2D eigenvalue weighted by molar-refractivity contribution is -0.384. The zero-order chi connectivity index (χ0) is 17.8. The fourth-order valence-corrected chi connectivity index (χ4v) is 2.44. The molecule has 8 nitrogen and oxygen atoms in total. The van der Waals surface area contributed by atoms with E-state index in [4.69, 9.17) is 4.74 Å². The molecule has 8 heteroatoms. The second-order valence-electron chi connectivity index (χ2n) is 5.15. The van der Waals surface area contributed by atoms with Crippen LogP contribution < -0.4 is 10.1 Å². The predicted octanol–water partition coefficient (Wildman–Crippen LogP) is 3.03. The minimum absolute atomic E-state index is 0.0772. The largest absolute Gasteiger partial charge is 0.481 e. The third-order valence-corrected chi connectivity index (χ3v) is 3.63. The molecule has 2 aromatic heterocycles. The molecule has 0 aliphatic heterocycles. The Hall–Kier alpha value is -3.73. The van der Waals surface area contributed by atoms with Crippen molar-refractivity contribution in [2.45, 2.75) is 6.54 Å². The molecule has 2 heterocycles. The summed E-state index contributed by atoms with van der Waals surface area (Å²) in [5.41, 5.74) is 1.58. The monoisotopic (exact) mass is 335 g/mol. The summed E-state index contributed by atoms with van der Waals surface area (Å²) in [7, 11) is 1.54. The van der Waals surface area contributed by atoms with Crippen molar-refractivity contribution >= 4 is 22.4 Å². The molecule has 1 aromatic carbocycles. The van der Waals surface area contributed by atoms with Gasteiger partial charge in [-0.3, -0.25) is 10.1 Å². The van der Waals surface area contributed by atoms with Crippen LogP contribution in [0.2, 0.25) is 0 Å². The van der Waals surface area contributed by atoms with Gasteiger partial charge < -0.3 is 10.1 Å². The van der Waals surface area contributed by atoms with Crippen LogP contribution >= 0.6 is 0 Å². The van der Waals surface area contributed by atoms with Crippen LogP contribution in [0.4, 0.5) is 11.5 Å². The molecular weight excluding hydrogens is 322 g/mol. The van der Waals surface area contributed by atoms with Gasteiger partial charge in [-0.05, 0) is 18.2 Å². The van der Waals surface area contributed by atoms with Gasteiger partial charge in [-0.1, -0.05) is 6.07 Å². The fourth-order valence-electron chi connectivity index (χ4n) is 2.44. The Morgan fingerprint density at radius 3 is 2.92 bits per heavy atom. The van der Waals surface area contributed by atoms with Gasteiger partial charge in [-0.2, -0.15) is 5.26 Å². The molecule has 3 rings (SSSR count). The summed E-state index contributed by atoms with van der Waals surface area (Å²) in [6, 6.07) is 11.5. The van der Waals surface area contributed by atoms with E-state index in [1.807, 2.05) is 6.07 Å². The van der Waals surface area contributed by atoms with Crippen molar-refractivity contribution in [3.8, 4) is 11.9 Å². The van der Waals surface area contributed by atoms with Crippen molar-refractivity contribution in [2.24, 2.45) is 0 Å². The van der Waals surface area contributed by atoms with Gasteiger partial charge in [0.1, 0.15) is 5.82 Å². The highest BCUT2D eigenvalue weighted by Crippen LogP contribution is 2.25. The number of anilines is 1. The van der Waals surface area contributed by atoms with E-state index < -0.39 is 4.92 Å². The predicted molar refractivity (Wildman–Crippen MR) is 91.2 cm³/mol. The van der Waals surface area contributed by atoms with Crippen molar-refractivity contribution in [1.29, 1.82) is 5.26 Å². The first-order valence-corrected chi connectivity index (χ1v) is 7.33. The van der Waals surface area contributed by atoms with Gasteiger partial charge in [0.15, 0.2) is 0 Å². The first kappa shape index (κ1) is 16.1. The number of benzene rings is 1. The Bertz CT molecular complexity index is 997. The summed E-state index contributed by atoms with van der Waals surface area (Å²) < 4.78 is 5.20. The van der Waals surface area contributed by atoms with E-state index in [9.17, 15) is 15.4 Å². The summed E-state index contributed by atoms with van der Waals surface area (Å²) in [4.78, 5) is 18.9. The topological polar surface area (TPSA) is 114 Å². The lowest BCUT2D eigenvalue weighted by Crippen LogP contribution is -2.04. The Morgan fingerprint density at radius 1 is 1.36 bits per heavy atom. The summed E-state index contributed by atoms with van der Waals surface area (Å²) in [5.74, 6) is 0.996. The van der Waals surface area contributed by atoms with Crippen LogP contribution in [0.25, 0.3) is 10.9 Å². The van der Waals surface area contributed by atoms with E-state index in [0.717, 1.165) is 5.56 Å². The number of hydrogen-bond donors (Lipinski definition) is 1. The smallest absolute Gasteiger partial charge is 0.270 e. The van der Waals surface area contributed by atoms with Crippen LogP contribution in [-0.2, 0) is 6.54 Å². The van der Waals surface area contributed by atoms with Crippen LogP contribution in [-0.4, -0.2) is 22.0 Å². The molecule has 0 bridgehead atoms. The molecular formula is C17H13N5O3. The average Bonchev–Trinajstić information content (AvgIpc) is 2.65. The Kier molecular flexibility index (Phi) is 4.39. The molecule has 1 N–H and O–H groups in total. The molecule has 0 saturated carbocycles. The molecule has 0 radical (unpaired) electrons. The first-order valence-electron chi connectivity index (χ1n) is 7.33. The van der Waals surface area contributed by atoms with Gasteiger partial charge in [0.25, 0.3) is 5.69 Å². The Morgan fingerprint density at radius 2 is 2.20 bits per heavy atom. The third kappa shape index (κ3) is 3.30. The van der Waals surface area contributed by atoms with E-state index in [1.165, 1.54) is 18.2 Å². The average molecular weight is 335 g/mol. The standard InChI is InChI=1S/C17H13N5O3/c1-25-17-11(3-2-6-19-17)10-20-16-7-12(9-18)14-8-13(22(23)24)4-5-15(14)21-16/h2-8H,10H2,1H3,(H,20,21). The van der Waals surface area contributed by atoms with E-state index in [0.29, 0.717) is 34.7 Å². The SMILES string of the molecule is COc1ncccc1CNc1cc(C#N)c2cc([N+](=O)[O-])ccc2n1. The van der Waals surface area contributed by atoms with Crippen LogP contribution in [0.5, 0.6) is 5.88 Å². The van der Waals surface area contributed by atoms with E-state index in [1.54, 1.807) is 25.4 Å². The molecule has 0 amide bonds. The van der Waals surface area contributed by atoms with Gasteiger partial charge >= 0.3 is 0 Å². The highest BCUT2D eigenvalue weighted by atomic mass is 16.6. The van der Waals surface area contributed by atoms with Crippen molar-refractivity contribution < 1.29 is 9.66 Å². The van der Waals surface area contributed by atoms with Gasteiger partial charge in [0.2, 0.25) is 5.88 Å². The summed E-state index contributed by atoms with van der Waals surface area (Å²) >= 11 is 0. The number of nitrogens with one attached hydrogen (secondary N) is 1. The molecule has 0 unspecified atom stereocenters. The molecule has 0 aliphatic carbocycles. The summed E-state index contributed by atoms with van der Waals surface area (Å²) in [5, 5.41) is 23.8. The normalized spacial score (nSPS) is 10.2. The van der Waals surface area contributed by atoms with Crippen molar-refractivity contribution in [3.05, 3.63) is 63.8 Å². The highest BCUT2D eigenvalue weighted by molar-refractivity contribution is 5.88. The number of methoxy groups -OCH3 is 1. The first-order chi connectivity index (χ1) is 12.1. The number of rotatable bonds is 5. The number of fused-ring (bicyclic) bond motifs is 1. The van der Waals surface area contributed by atoms with E-state index in [2.05, 4.69) is 21.4 Å². The zero-order valence-electron chi connectivity index (χ0n) is 13.3. The number of hydrogen-bond acceptors (Lipinski definition) is 7. The number of ether oxygens (including phenoxy) is 1. The van der Waals surface area contributed by atoms with Gasteiger partial charge in [0.05, 0.1) is 29.2 Å². The van der Waals surface area contributed by atoms with E-state index >= 15 is 0 Å². The molecule has 0 saturated heterocycles. The summed E-state index contributed by atoms with van der Waals surface area (Å²) in [6.45, 7) is 0.410. The number of nitro benzene ring substituents is 1. The maximum atomic E-state index is 10.9. The molecule has 0 atom stereocenters. The van der Waals surface area contributed by atoms with Crippen molar-refractivity contribution in [2.75, 3.05) is 12.4 Å². The molecule has 3 aromatic rings. The maximum Gasteiger partial charge on any atom is 0.270 e. The van der Waals surface area contributed by atoms with Crippen LogP contribution in [0.3, 0.4) is 0 Å². The van der Waals surface area contributed by atoms with Gasteiger partial charge in [-0.15, -0.1) is 0 Å². The third-order valence-electron chi connectivity index (χ3n) is 3.63. The number of nitro groups is 1. The molecule has 0 spiro atoms. The minimum Gasteiger partial charge on any atom is -0.481 e. The Labute approximate surface area is 142 Å². The maximum absolute atomic E-state index is 10.9. The quantitative estimate of drug-likeness (QED) is 0.563. The van der Waals surface area contributed by atoms with Crippen molar-refractivity contribution in [3.63, 3.8) is 0 Å². The Balaban J connectivity index is 1.94. The van der Waals surface area contributed by atoms with Crippen LogP contribution in [0.15, 0.2) is 42.6 Å². The lowest BCUT2D eigenvalue weighted by atomic mass is 10.1. The number of nitriles is 1. The van der Waals surface area contributed by atoms with Crippen molar-refractivity contribution in [1.82, 2.24) is 9.97 Å². The van der Waals surface area contributed by atoms with Gasteiger partial charge in [-0.25, -0.2) is 9.97 Å². The second-order valence-corrected chi connectivity index (χ2v) is 5.15. The van der Waals surface area contributed by atoms with Crippen LogP contribution in [0.1, 0.15) is 11.1 Å². The number of nitrogens with zero attached hydrogens (tertiary/aromatic N) is 4. The number of pyridine rings is 2. The van der Waals surface area contributed by atoms with Crippen LogP contribution in [0, 0.1) is 21.4 Å². The van der Waals surface area contributed by atoms with E-state index in [-0.39, 0.29) is 5.69 Å². The van der Waals surface area contributed by atoms with Gasteiger partial charge in [0, 0.05) is 35.8 Å². The fraction of sp³-hybridized carbons (Fsp3) is 0.118. The summed E-state index contributed by atoms with van der Waals surface area (Å²) in [6.07, 6.45) is 1.64. The minimum atomic E-state index is -0.499. The highest BCUT2D eigenvalue weighted by Gasteiger charge is 2.12. The molecule has 25 heavy (non-hydrogen) atoms.